The van der Waals surface area contributed by atoms with E-state index in [-0.39, 0.29) is 30.4 Å². The van der Waals surface area contributed by atoms with E-state index in [2.05, 4.69) is 30.5 Å². The van der Waals surface area contributed by atoms with Crippen molar-refractivity contribution in [3.05, 3.63) is 99.7 Å². The predicted molar refractivity (Wildman–Crippen MR) is 155 cm³/mol. The van der Waals surface area contributed by atoms with Crippen molar-refractivity contribution in [3.63, 3.8) is 0 Å². The molecule has 11 nitrogen and oxygen atoms in total. The molecule has 0 unspecified atom stereocenters. The number of nitrogens with zero attached hydrogens (tertiary/aromatic N) is 6. The van der Waals surface area contributed by atoms with Gasteiger partial charge in [-0.25, -0.2) is 4.98 Å². The molecule has 3 N–H and O–H groups in total. The van der Waals surface area contributed by atoms with E-state index in [0.29, 0.717) is 17.3 Å². The molecule has 0 saturated heterocycles. The minimum Gasteiger partial charge on any atom is -0.481 e. The molecular weight excluding hydrogens is 567 g/mol. The van der Waals surface area contributed by atoms with Gasteiger partial charge in [0.1, 0.15) is 12.2 Å². The number of imidazole rings is 1. The Morgan fingerprint density at radius 3 is 2.80 bits per heavy atom. The third-order valence-electron chi connectivity index (χ3n) is 7.33. The summed E-state index contributed by atoms with van der Waals surface area (Å²) in [5, 5.41) is 22.0. The van der Waals surface area contributed by atoms with E-state index in [0.717, 1.165) is 56.7 Å². The molecule has 206 valence electrons. The Hall–Kier alpha value is -4.74. The normalized spacial score (nSPS) is 14.2. The van der Waals surface area contributed by atoms with Crippen LogP contribution >= 0.6 is 24.0 Å². The smallest absolute Gasteiger partial charge is 0.307 e. The number of aliphatic carboxylic acids is 1. The number of aromatic nitrogens is 8. The van der Waals surface area contributed by atoms with Gasteiger partial charge in [-0.3, -0.25) is 9.59 Å². The summed E-state index contributed by atoms with van der Waals surface area (Å²) in [6, 6.07) is 14.6. The lowest BCUT2D eigenvalue weighted by molar-refractivity contribution is -0.136. The summed E-state index contributed by atoms with van der Waals surface area (Å²) in [6.45, 7) is 0. The zero-order chi connectivity index (χ0) is 27.4. The van der Waals surface area contributed by atoms with Crippen molar-refractivity contribution in [1.82, 2.24) is 39.7 Å². The van der Waals surface area contributed by atoms with Gasteiger partial charge < -0.3 is 19.6 Å². The van der Waals surface area contributed by atoms with Crippen LogP contribution < -0.4 is 5.56 Å². The van der Waals surface area contributed by atoms with E-state index >= 15 is 0 Å². The van der Waals surface area contributed by atoms with Gasteiger partial charge in [-0.2, -0.15) is 4.68 Å². The molecule has 5 heterocycles. The third-order valence-corrected chi connectivity index (χ3v) is 7.57. The summed E-state index contributed by atoms with van der Waals surface area (Å²) < 4.78 is 3.33. The molecule has 13 heteroatoms. The molecule has 1 aliphatic heterocycles. The average molecular weight is 589 g/mol. The van der Waals surface area contributed by atoms with Gasteiger partial charge in [-0.05, 0) is 64.7 Å². The number of carboxylic acid groups (broad SMARTS) is 1. The molecule has 0 fully saturated rings. The first kappa shape index (κ1) is 26.5. The summed E-state index contributed by atoms with van der Waals surface area (Å²) in [5.74, 6) is -0.165. The highest BCUT2D eigenvalue weighted by atomic mass is 35.5. The number of nitrogens with one attached hydrogen (secondary N) is 2. The minimum atomic E-state index is -0.872. The maximum Gasteiger partial charge on any atom is 0.307 e. The van der Waals surface area contributed by atoms with Gasteiger partial charge in [-0.1, -0.05) is 23.7 Å². The number of aryl methyl sites for hydroxylation is 1. The van der Waals surface area contributed by atoms with Gasteiger partial charge in [0.15, 0.2) is 0 Å². The second kappa shape index (κ2) is 10.3. The minimum absolute atomic E-state index is 0. The Morgan fingerprint density at radius 1 is 1.12 bits per heavy atom. The quantitative estimate of drug-likeness (QED) is 0.257. The molecular formula is C28H22Cl2N8O3. The first-order chi connectivity index (χ1) is 19.4. The lowest BCUT2D eigenvalue weighted by Crippen LogP contribution is -2.23. The van der Waals surface area contributed by atoms with Crippen LogP contribution in [0.1, 0.15) is 29.5 Å². The number of carbonyl (C=O) groups is 1. The molecule has 6 aromatic rings. The van der Waals surface area contributed by atoms with Gasteiger partial charge >= 0.3 is 5.97 Å². The number of hydrogen-bond acceptors (Lipinski definition) is 6. The number of benzene rings is 2. The summed E-state index contributed by atoms with van der Waals surface area (Å²) >= 11 is 6.31. The van der Waals surface area contributed by atoms with Crippen LogP contribution in [-0.4, -0.2) is 50.8 Å². The van der Waals surface area contributed by atoms with Crippen molar-refractivity contribution >= 4 is 40.9 Å². The topological polar surface area (TPSA) is 147 Å². The molecule has 2 aromatic carbocycles. The Kier molecular flexibility index (Phi) is 6.68. The Morgan fingerprint density at radius 2 is 2.00 bits per heavy atom. The van der Waals surface area contributed by atoms with Crippen LogP contribution in [-0.2, 0) is 17.6 Å². The summed E-state index contributed by atoms with van der Waals surface area (Å²) in [5.41, 5.74) is 6.31. The molecule has 7 rings (SSSR count). The Bertz CT molecular complexity index is 1980. The maximum absolute atomic E-state index is 13.5. The number of tetrazole rings is 1. The second-order valence-electron chi connectivity index (χ2n) is 9.74. The highest BCUT2D eigenvalue weighted by Crippen LogP contribution is 2.35. The molecule has 0 amide bonds. The lowest BCUT2D eigenvalue weighted by atomic mass is 10.0. The van der Waals surface area contributed by atoms with Crippen molar-refractivity contribution in [1.29, 1.82) is 0 Å². The van der Waals surface area contributed by atoms with Crippen LogP contribution in [0.2, 0.25) is 5.02 Å². The van der Waals surface area contributed by atoms with Crippen molar-refractivity contribution in [3.8, 4) is 28.1 Å². The highest BCUT2D eigenvalue weighted by Gasteiger charge is 2.28. The zero-order valence-corrected chi connectivity index (χ0v) is 22.9. The van der Waals surface area contributed by atoms with E-state index < -0.39 is 5.97 Å². The number of rotatable bonds is 6. The molecule has 0 saturated carbocycles. The van der Waals surface area contributed by atoms with E-state index in [4.69, 9.17) is 16.7 Å². The molecule has 1 atom stereocenters. The van der Waals surface area contributed by atoms with Gasteiger partial charge in [0, 0.05) is 45.0 Å². The number of fused-ring (bicyclic) bond motifs is 2. The number of aromatic amines is 2. The lowest BCUT2D eigenvalue weighted by Gasteiger charge is -2.15. The average Bonchev–Trinajstić information content (AvgIpc) is 3.75. The SMILES string of the molecule is Cl.O=C(O)Cc1c[nH]c2cc(-c3cnc([C@@H]4CCc5cc(-c6cc(Cl)ccc6-n6cnnn6)cc(=O)n54)[nH]3)ccc12. The molecule has 41 heavy (non-hydrogen) atoms. The predicted octanol–water partition coefficient (Wildman–Crippen LogP) is 4.60. The van der Waals surface area contributed by atoms with Crippen LogP contribution in [0.25, 0.3) is 39.0 Å². The zero-order valence-electron chi connectivity index (χ0n) is 21.3. The van der Waals surface area contributed by atoms with Crippen LogP contribution in [0, 0.1) is 0 Å². The summed E-state index contributed by atoms with van der Waals surface area (Å²) in [4.78, 5) is 35.8. The Labute approximate surface area is 243 Å². The molecule has 0 aliphatic carbocycles. The number of carboxylic acids is 1. The molecule has 1 aliphatic rings. The number of halogens is 2. The molecule has 0 bridgehead atoms. The van der Waals surface area contributed by atoms with Crippen molar-refractivity contribution in [2.75, 3.05) is 0 Å². The monoisotopic (exact) mass is 588 g/mol. The fourth-order valence-electron chi connectivity index (χ4n) is 5.54. The molecule has 0 radical (unpaired) electrons. The standard InChI is InChI=1S/C28H21ClN8O3.ClH/c29-18-2-5-24(36-14-32-34-35-36)21(11-18)16-7-19-3-6-25(37(19)26(38)9-16)28-31-13-23(33-28)15-1-4-20-17(10-27(39)40)12-30-22(20)8-15;/h1-2,4-5,7-9,11-14,25,30H,3,6,10H2,(H,31,33)(H,39,40);1H/t25-;/m0./s1. The van der Waals surface area contributed by atoms with E-state index in [1.54, 1.807) is 39.8 Å². The first-order valence-corrected chi connectivity index (χ1v) is 13.0. The van der Waals surface area contributed by atoms with Gasteiger partial charge in [-0.15, -0.1) is 17.5 Å². The van der Waals surface area contributed by atoms with E-state index in [1.807, 2.05) is 30.3 Å². The van der Waals surface area contributed by atoms with Crippen LogP contribution in [0.4, 0.5) is 0 Å². The highest BCUT2D eigenvalue weighted by molar-refractivity contribution is 6.31. The fraction of sp³-hybridized carbons (Fsp3) is 0.143. The maximum atomic E-state index is 13.5. The number of hydrogen-bond donors (Lipinski definition) is 3. The largest absolute Gasteiger partial charge is 0.481 e. The van der Waals surface area contributed by atoms with Gasteiger partial charge in [0.05, 0.1) is 30.0 Å². The van der Waals surface area contributed by atoms with Crippen molar-refractivity contribution in [2.45, 2.75) is 25.3 Å². The molecule has 4 aromatic heterocycles. The van der Waals surface area contributed by atoms with Crippen molar-refractivity contribution < 1.29 is 9.90 Å². The second-order valence-corrected chi connectivity index (χ2v) is 10.2. The van der Waals surface area contributed by atoms with Gasteiger partial charge in [0.2, 0.25) is 0 Å². The third kappa shape index (κ3) is 4.68. The molecule has 0 spiro atoms. The van der Waals surface area contributed by atoms with Gasteiger partial charge in [0.25, 0.3) is 5.56 Å². The summed E-state index contributed by atoms with van der Waals surface area (Å²) in [6.07, 6.45) is 6.40. The number of H-pyrrole nitrogens is 2. The first-order valence-electron chi connectivity index (χ1n) is 12.6. The van der Waals surface area contributed by atoms with Crippen LogP contribution in [0.5, 0.6) is 0 Å². The fourth-order valence-corrected chi connectivity index (χ4v) is 5.71. The van der Waals surface area contributed by atoms with Crippen LogP contribution in [0.3, 0.4) is 0 Å². The summed E-state index contributed by atoms with van der Waals surface area (Å²) in [7, 11) is 0. The van der Waals surface area contributed by atoms with E-state index in [9.17, 15) is 9.59 Å². The van der Waals surface area contributed by atoms with Crippen molar-refractivity contribution in [2.24, 2.45) is 0 Å². The van der Waals surface area contributed by atoms with E-state index in [1.165, 1.54) is 6.33 Å². The Balaban J connectivity index is 0.00000302. The number of pyridine rings is 1. The van der Waals surface area contributed by atoms with Crippen LogP contribution in [0.15, 0.2) is 72.0 Å².